The molecule has 0 aliphatic heterocycles. The van der Waals surface area contributed by atoms with Gasteiger partial charge in [-0.25, -0.2) is 4.79 Å². The summed E-state index contributed by atoms with van der Waals surface area (Å²) in [6.45, 7) is 1.83. The van der Waals surface area contributed by atoms with Crippen LogP contribution < -0.4 is 0 Å². The fourth-order valence-corrected chi connectivity index (χ4v) is 1.26. The van der Waals surface area contributed by atoms with Crippen LogP contribution in [0.1, 0.15) is 0 Å². The first-order valence-corrected chi connectivity index (χ1v) is 5.74. The van der Waals surface area contributed by atoms with Crippen LogP contribution in [0.4, 0.5) is 70.2 Å². The summed E-state index contributed by atoms with van der Waals surface area (Å²) in [5, 5.41) is 0. The molecule has 0 spiro atoms. The molecular formula is C10H2F16O2. The van der Waals surface area contributed by atoms with E-state index in [9.17, 15) is 75.0 Å². The molecule has 0 aliphatic rings. The summed E-state index contributed by atoms with van der Waals surface area (Å²) in [5.74, 6) is -53.1. The Labute approximate surface area is 141 Å². The lowest BCUT2D eigenvalue weighted by Crippen LogP contribution is -2.73. The van der Waals surface area contributed by atoms with Gasteiger partial charge in [0.15, 0.2) is 0 Å². The van der Waals surface area contributed by atoms with Crippen molar-refractivity contribution in [3.05, 3.63) is 12.6 Å². The molecule has 0 rings (SSSR count). The van der Waals surface area contributed by atoms with Gasteiger partial charge in [-0.05, 0) is 6.58 Å². The molecule has 0 bridgehead atoms. The van der Waals surface area contributed by atoms with Gasteiger partial charge in [0.05, 0.1) is 0 Å². The van der Waals surface area contributed by atoms with E-state index in [4.69, 9.17) is 0 Å². The van der Waals surface area contributed by atoms with E-state index < -0.39 is 53.7 Å². The van der Waals surface area contributed by atoms with E-state index in [0.29, 0.717) is 0 Å². The van der Waals surface area contributed by atoms with Crippen LogP contribution in [-0.2, 0) is 9.53 Å². The second-order valence-corrected chi connectivity index (χ2v) is 4.69. The van der Waals surface area contributed by atoms with Crippen molar-refractivity contribution in [2.75, 3.05) is 0 Å². The molecule has 0 aromatic rings. The molecule has 0 aromatic heterocycles. The van der Waals surface area contributed by atoms with Gasteiger partial charge in [-0.15, -0.1) is 0 Å². The van der Waals surface area contributed by atoms with Gasteiger partial charge in [0, 0.05) is 0 Å². The van der Waals surface area contributed by atoms with Crippen molar-refractivity contribution >= 4 is 5.97 Å². The third-order valence-corrected chi connectivity index (χ3v) is 2.79. The number of halogens is 16. The van der Waals surface area contributed by atoms with E-state index in [1.165, 1.54) is 0 Å². The second-order valence-electron chi connectivity index (χ2n) is 4.69. The molecule has 0 heterocycles. The molecule has 0 aromatic carbocycles. The molecule has 0 saturated heterocycles. The predicted molar refractivity (Wildman–Crippen MR) is 52.1 cm³/mol. The largest absolute Gasteiger partial charge is 0.460 e. The third-order valence-electron chi connectivity index (χ3n) is 2.79. The molecule has 0 saturated carbocycles. The van der Waals surface area contributed by atoms with Crippen LogP contribution in [0.3, 0.4) is 0 Å². The standard InChI is InChI=1S/C10H2F16O2/c1-2(11)28-3(27)4(12,13)5(14,15)6(16,17)7(18,19)8(20,21)9(22,23)10(24,25)26/h1H2. The van der Waals surface area contributed by atoms with Crippen LogP contribution in [0.5, 0.6) is 0 Å². The monoisotopic (exact) mass is 458 g/mol. The lowest BCUT2D eigenvalue weighted by molar-refractivity contribution is -0.450. The van der Waals surface area contributed by atoms with E-state index in [-0.39, 0.29) is 0 Å². The van der Waals surface area contributed by atoms with E-state index in [2.05, 4.69) is 4.74 Å². The number of ether oxygens (including phenoxy) is 1. The fraction of sp³-hybridized carbons (Fsp3) is 0.700. The summed E-state index contributed by atoms with van der Waals surface area (Å²) in [6.07, 6.45) is -7.74. The molecule has 18 heteroatoms. The Hall–Kier alpha value is -1.91. The molecule has 28 heavy (non-hydrogen) atoms. The van der Waals surface area contributed by atoms with E-state index in [0.717, 1.165) is 0 Å². The zero-order chi connectivity index (χ0) is 23.4. The Balaban J connectivity index is 6.55. The molecule has 0 radical (unpaired) electrons. The third kappa shape index (κ3) is 3.33. The van der Waals surface area contributed by atoms with Crippen molar-refractivity contribution in [2.24, 2.45) is 0 Å². The lowest BCUT2D eigenvalue weighted by atomic mass is 9.91. The fourth-order valence-electron chi connectivity index (χ4n) is 1.26. The SMILES string of the molecule is C=C(F)OC(=O)C(F)(F)C(F)(F)C(F)(F)C(F)(F)C(F)(F)C(F)(F)C(F)(F)F. The zero-order valence-corrected chi connectivity index (χ0v) is 12.1. The summed E-state index contributed by atoms with van der Waals surface area (Å²) in [7, 11) is 0. The van der Waals surface area contributed by atoms with Gasteiger partial charge in [0.2, 0.25) is 0 Å². The number of carbonyl (C=O) groups is 1. The van der Waals surface area contributed by atoms with Crippen LogP contribution in [-0.4, -0.2) is 47.7 Å². The number of hydrogen-bond acceptors (Lipinski definition) is 2. The quantitative estimate of drug-likeness (QED) is 0.293. The molecule has 0 aliphatic carbocycles. The van der Waals surface area contributed by atoms with Gasteiger partial charge < -0.3 is 4.74 Å². The molecule has 0 atom stereocenters. The molecular weight excluding hydrogens is 456 g/mol. The van der Waals surface area contributed by atoms with Gasteiger partial charge in [-0.2, -0.15) is 70.2 Å². The average molecular weight is 458 g/mol. The average Bonchev–Trinajstić information content (AvgIpc) is 2.43. The Morgan fingerprint density at radius 2 is 0.857 bits per heavy atom. The number of hydrogen-bond donors (Lipinski definition) is 0. The predicted octanol–water partition coefficient (Wildman–Crippen LogP) is 5.34. The maximum absolute atomic E-state index is 13.1. The van der Waals surface area contributed by atoms with Crippen LogP contribution in [0.2, 0.25) is 0 Å². The number of alkyl halides is 15. The first kappa shape index (κ1) is 26.1. The van der Waals surface area contributed by atoms with Crippen LogP contribution in [0.25, 0.3) is 0 Å². The van der Waals surface area contributed by atoms with E-state index >= 15 is 0 Å². The van der Waals surface area contributed by atoms with Crippen molar-refractivity contribution in [2.45, 2.75) is 41.7 Å². The summed E-state index contributed by atoms with van der Waals surface area (Å²) in [5.41, 5.74) is 0. The zero-order valence-electron chi connectivity index (χ0n) is 12.1. The maximum Gasteiger partial charge on any atom is 0.460 e. The van der Waals surface area contributed by atoms with Crippen molar-refractivity contribution in [1.82, 2.24) is 0 Å². The number of carbonyl (C=O) groups excluding carboxylic acids is 1. The van der Waals surface area contributed by atoms with E-state index in [1.807, 2.05) is 6.58 Å². The molecule has 0 N–H and O–H groups in total. The Morgan fingerprint density at radius 3 is 1.14 bits per heavy atom. The summed E-state index contributed by atoms with van der Waals surface area (Å²) in [6, 6.07) is -2.72. The second kappa shape index (κ2) is 6.57. The Morgan fingerprint density at radius 1 is 0.571 bits per heavy atom. The van der Waals surface area contributed by atoms with Crippen LogP contribution in [0, 0.1) is 0 Å². The summed E-state index contributed by atoms with van der Waals surface area (Å²) >= 11 is 0. The maximum atomic E-state index is 13.1. The first-order chi connectivity index (χ1) is 11.8. The number of esters is 1. The van der Waals surface area contributed by atoms with Crippen LogP contribution in [0.15, 0.2) is 12.6 Å². The molecule has 0 fully saturated rings. The Bertz CT molecular complexity index is 630. The Kier molecular flexibility index (Phi) is 6.12. The van der Waals surface area contributed by atoms with Crippen molar-refractivity contribution in [1.29, 1.82) is 0 Å². The van der Waals surface area contributed by atoms with Crippen molar-refractivity contribution in [3.63, 3.8) is 0 Å². The summed E-state index contributed by atoms with van der Waals surface area (Å²) in [4.78, 5) is 10.5. The molecule has 0 amide bonds. The van der Waals surface area contributed by atoms with Crippen LogP contribution >= 0.6 is 0 Å². The summed E-state index contributed by atoms with van der Waals surface area (Å²) < 4.78 is 205. The highest BCUT2D eigenvalue weighted by molar-refractivity contribution is 5.80. The van der Waals surface area contributed by atoms with Gasteiger partial charge in [-0.1, -0.05) is 0 Å². The van der Waals surface area contributed by atoms with Crippen molar-refractivity contribution < 1.29 is 79.8 Å². The first-order valence-electron chi connectivity index (χ1n) is 5.74. The van der Waals surface area contributed by atoms with Crippen molar-refractivity contribution in [3.8, 4) is 0 Å². The number of rotatable bonds is 7. The van der Waals surface area contributed by atoms with Gasteiger partial charge >= 0.3 is 47.7 Å². The van der Waals surface area contributed by atoms with Gasteiger partial charge in [-0.3, -0.25) is 0 Å². The minimum atomic E-state index is -8.54. The van der Waals surface area contributed by atoms with Gasteiger partial charge in [0.25, 0.3) is 6.01 Å². The lowest BCUT2D eigenvalue weighted by Gasteiger charge is -2.40. The minimum Gasteiger partial charge on any atom is -0.395 e. The topological polar surface area (TPSA) is 26.3 Å². The molecule has 2 nitrogen and oxygen atoms in total. The molecule has 0 unspecified atom stereocenters. The molecule has 166 valence electrons. The normalized spacial score (nSPS) is 15.4. The minimum absolute atomic E-state index is 1.83. The van der Waals surface area contributed by atoms with E-state index in [1.54, 1.807) is 0 Å². The smallest absolute Gasteiger partial charge is 0.395 e. The highest BCUT2D eigenvalue weighted by Crippen LogP contribution is 2.62. The highest BCUT2D eigenvalue weighted by atomic mass is 19.4. The highest BCUT2D eigenvalue weighted by Gasteiger charge is 2.94. The van der Waals surface area contributed by atoms with Gasteiger partial charge in [0.1, 0.15) is 0 Å².